The monoisotopic (exact) mass is 247 g/mol. The highest BCUT2D eigenvalue weighted by molar-refractivity contribution is 8.10. The van der Waals surface area contributed by atoms with E-state index in [0.29, 0.717) is 6.61 Å². The zero-order valence-corrected chi connectivity index (χ0v) is 10.3. The van der Waals surface area contributed by atoms with Gasteiger partial charge in [-0.15, -0.1) is 23.5 Å². The van der Waals surface area contributed by atoms with Gasteiger partial charge in [0.25, 0.3) is 0 Å². The molecule has 84 valence electrons. The molecule has 0 aromatic heterocycles. The van der Waals surface area contributed by atoms with Crippen molar-refractivity contribution in [2.24, 2.45) is 5.16 Å². The predicted octanol–water partition coefficient (Wildman–Crippen LogP) is 1.87. The largest absolute Gasteiger partial charge is 0.461 e. The van der Waals surface area contributed by atoms with Gasteiger partial charge in [-0.3, -0.25) is 0 Å². The predicted molar refractivity (Wildman–Crippen MR) is 64.1 cm³/mol. The highest BCUT2D eigenvalue weighted by Crippen LogP contribution is 2.28. The van der Waals surface area contributed by atoms with E-state index in [-0.39, 0.29) is 5.71 Å². The SMILES string of the molecule is CCOC(=O)C(=NOC)C1=CSCCS1. The van der Waals surface area contributed by atoms with E-state index in [1.807, 2.05) is 5.41 Å². The van der Waals surface area contributed by atoms with E-state index in [1.54, 1.807) is 30.4 Å². The van der Waals surface area contributed by atoms with Gasteiger partial charge in [-0.1, -0.05) is 5.16 Å². The highest BCUT2D eigenvalue weighted by Gasteiger charge is 2.21. The number of ether oxygens (including phenoxy) is 1. The zero-order chi connectivity index (χ0) is 11.1. The zero-order valence-electron chi connectivity index (χ0n) is 8.69. The average Bonchev–Trinajstić information content (AvgIpc) is 2.27. The van der Waals surface area contributed by atoms with Crippen molar-refractivity contribution in [1.82, 2.24) is 0 Å². The van der Waals surface area contributed by atoms with Crippen molar-refractivity contribution in [3.8, 4) is 0 Å². The summed E-state index contributed by atoms with van der Waals surface area (Å²) in [6.07, 6.45) is 0. The van der Waals surface area contributed by atoms with Crippen molar-refractivity contribution < 1.29 is 14.4 Å². The molecule has 1 aliphatic heterocycles. The first-order chi connectivity index (χ1) is 7.29. The summed E-state index contributed by atoms with van der Waals surface area (Å²) in [4.78, 5) is 17.0. The molecule has 4 nitrogen and oxygen atoms in total. The lowest BCUT2D eigenvalue weighted by Gasteiger charge is -2.12. The van der Waals surface area contributed by atoms with Gasteiger partial charge < -0.3 is 9.57 Å². The topological polar surface area (TPSA) is 47.9 Å². The number of hydrogen-bond acceptors (Lipinski definition) is 6. The van der Waals surface area contributed by atoms with Crippen LogP contribution in [-0.2, 0) is 14.4 Å². The first kappa shape index (κ1) is 12.4. The maximum absolute atomic E-state index is 11.5. The van der Waals surface area contributed by atoms with E-state index in [9.17, 15) is 4.79 Å². The molecule has 1 heterocycles. The van der Waals surface area contributed by atoms with Gasteiger partial charge in [0.1, 0.15) is 7.11 Å². The Bertz CT molecular complexity index is 289. The number of carbonyl (C=O) groups excluding carboxylic acids is 1. The molecule has 0 aromatic rings. The van der Waals surface area contributed by atoms with Gasteiger partial charge >= 0.3 is 5.97 Å². The molecule has 0 unspecified atom stereocenters. The van der Waals surface area contributed by atoms with Crippen LogP contribution < -0.4 is 0 Å². The van der Waals surface area contributed by atoms with Crippen LogP contribution in [0.2, 0.25) is 0 Å². The summed E-state index contributed by atoms with van der Waals surface area (Å²) < 4.78 is 4.90. The Labute approximate surface area is 97.4 Å². The molecular weight excluding hydrogens is 234 g/mol. The number of hydrogen-bond donors (Lipinski definition) is 0. The van der Waals surface area contributed by atoms with Crippen molar-refractivity contribution in [1.29, 1.82) is 0 Å². The fourth-order valence-electron chi connectivity index (χ4n) is 0.966. The second-order valence-electron chi connectivity index (χ2n) is 2.54. The Kier molecular flexibility index (Phi) is 5.63. The number of thioether (sulfide) groups is 2. The summed E-state index contributed by atoms with van der Waals surface area (Å²) in [5.74, 6) is 1.59. The smallest absolute Gasteiger partial charge is 0.361 e. The minimum atomic E-state index is -0.430. The molecule has 0 saturated carbocycles. The van der Waals surface area contributed by atoms with Crippen molar-refractivity contribution in [2.45, 2.75) is 6.92 Å². The van der Waals surface area contributed by atoms with Crippen LogP contribution in [0.1, 0.15) is 6.92 Å². The maximum Gasteiger partial charge on any atom is 0.361 e. The normalized spacial score (nSPS) is 16.9. The van der Waals surface area contributed by atoms with Gasteiger partial charge in [-0.2, -0.15) is 0 Å². The minimum Gasteiger partial charge on any atom is -0.461 e. The fraction of sp³-hybridized carbons (Fsp3) is 0.556. The van der Waals surface area contributed by atoms with Gasteiger partial charge in [0.15, 0.2) is 0 Å². The van der Waals surface area contributed by atoms with E-state index >= 15 is 0 Å². The van der Waals surface area contributed by atoms with Crippen LogP contribution >= 0.6 is 23.5 Å². The van der Waals surface area contributed by atoms with Crippen LogP contribution in [0, 0.1) is 0 Å². The van der Waals surface area contributed by atoms with Gasteiger partial charge in [0.2, 0.25) is 5.71 Å². The molecule has 15 heavy (non-hydrogen) atoms. The van der Waals surface area contributed by atoms with E-state index in [0.717, 1.165) is 16.4 Å². The van der Waals surface area contributed by atoms with E-state index in [1.165, 1.54) is 7.11 Å². The van der Waals surface area contributed by atoms with Crippen molar-refractivity contribution in [3.63, 3.8) is 0 Å². The molecule has 0 amide bonds. The van der Waals surface area contributed by atoms with Gasteiger partial charge in [-0.25, -0.2) is 4.79 Å². The average molecular weight is 247 g/mol. The summed E-state index contributed by atoms with van der Waals surface area (Å²) in [5, 5.41) is 5.63. The minimum absolute atomic E-state index is 0.261. The first-order valence-corrected chi connectivity index (χ1v) is 6.56. The van der Waals surface area contributed by atoms with Crippen LogP contribution in [0.3, 0.4) is 0 Å². The number of esters is 1. The standard InChI is InChI=1S/C9H13NO3S2/c1-3-13-9(11)8(10-12-2)7-6-14-4-5-15-7/h6H,3-5H2,1-2H3. The lowest BCUT2D eigenvalue weighted by molar-refractivity contribution is -0.135. The summed E-state index contributed by atoms with van der Waals surface area (Å²) in [7, 11) is 1.42. The number of carbonyl (C=O) groups is 1. The Morgan fingerprint density at radius 2 is 2.40 bits per heavy atom. The molecule has 0 N–H and O–H groups in total. The molecule has 0 atom stereocenters. The van der Waals surface area contributed by atoms with Gasteiger partial charge in [0, 0.05) is 11.5 Å². The molecule has 0 fully saturated rings. The van der Waals surface area contributed by atoms with Gasteiger partial charge in [-0.05, 0) is 12.3 Å². The van der Waals surface area contributed by atoms with Crippen molar-refractivity contribution in [2.75, 3.05) is 25.2 Å². The number of nitrogens with zero attached hydrogens (tertiary/aromatic N) is 1. The van der Waals surface area contributed by atoms with E-state index in [4.69, 9.17) is 4.74 Å². The lowest BCUT2D eigenvalue weighted by Crippen LogP contribution is -2.20. The molecule has 6 heteroatoms. The third-order valence-corrected chi connectivity index (χ3v) is 3.81. The molecular formula is C9H13NO3S2. The van der Waals surface area contributed by atoms with Crippen LogP contribution in [0.5, 0.6) is 0 Å². The third-order valence-electron chi connectivity index (χ3n) is 1.53. The molecule has 0 aromatic carbocycles. The fourth-order valence-corrected chi connectivity index (χ4v) is 3.02. The van der Waals surface area contributed by atoms with Gasteiger partial charge in [0.05, 0.1) is 11.5 Å². The molecule has 1 rings (SSSR count). The van der Waals surface area contributed by atoms with E-state index in [2.05, 4.69) is 9.99 Å². The summed E-state index contributed by atoms with van der Waals surface area (Å²) in [6.45, 7) is 2.10. The Hall–Kier alpha value is -0.620. The second-order valence-corrected chi connectivity index (χ2v) is 4.66. The molecule has 0 spiro atoms. The van der Waals surface area contributed by atoms with Crippen LogP contribution in [0.25, 0.3) is 0 Å². The maximum atomic E-state index is 11.5. The Balaban J connectivity index is 2.77. The number of oxime groups is 1. The van der Waals surface area contributed by atoms with Crippen LogP contribution in [-0.4, -0.2) is 36.9 Å². The quantitative estimate of drug-likeness (QED) is 0.431. The molecule has 0 radical (unpaired) electrons. The van der Waals surface area contributed by atoms with Crippen molar-refractivity contribution >= 4 is 35.2 Å². The second kappa shape index (κ2) is 6.79. The summed E-state index contributed by atoms with van der Waals surface area (Å²) in [6, 6.07) is 0. The lowest BCUT2D eigenvalue weighted by atomic mass is 10.4. The van der Waals surface area contributed by atoms with E-state index < -0.39 is 5.97 Å². The van der Waals surface area contributed by atoms with Crippen LogP contribution in [0.4, 0.5) is 0 Å². The third kappa shape index (κ3) is 3.79. The number of rotatable bonds is 4. The highest BCUT2D eigenvalue weighted by atomic mass is 32.2. The molecule has 0 saturated heterocycles. The molecule has 0 aliphatic carbocycles. The Morgan fingerprint density at radius 1 is 1.60 bits per heavy atom. The summed E-state index contributed by atoms with van der Waals surface area (Å²) in [5.41, 5.74) is 0.261. The molecule has 0 bridgehead atoms. The molecule has 1 aliphatic rings. The summed E-state index contributed by atoms with van der Waals surface area (Å²) >= 11 is 3.26. The van der Waals surface area contributed by atoms with Crippen molar-refractivity contribution in [3.05, 3.63) is 10.3 Å². The van der Waals surface area contributed by atoms with Crippen LogP contribution in [0.15, 0.2) is 15.5 Å². The Morgan fingerprint density at radius 3 is 2.93 bits per heavy atom. The first-order valence-electron chi connectivity index (χ1n) is 4.52.